The minimum Gasteiger partial charge on any atom is -0.497 e. The molecule has 1 N–H and O–H groups in total. The van der Waals surface area contributed by atoms with Gasteiger partial charge >= 0.3 is 6.03 Å². The average molecular weight is 359 g/mol. The highest BCUT2D eigenvalue weighted by molar-refractivity contribution is 5.89. The molecule has 2 heterocycles. The summed E-state index contributed by atoms with van der Waals surface area (Å²) in [6, 6.07) is 7.31. The molecule has 1 saturated heterocycles. The quantitative estimate of drug-likeness (QED) is 0.856. The van der Waals surface area contributed by atoms with Crippen molar-refractivity contribution >= 4 is 11.7 Å². The number of benzene rings is 1. The molecule has 2 amide bonds. The number of nitrogens with zero attached hydrogens (tertiary/aromatic N) is 4. The summed E-state index contributed by atoms with van der Waals surface area (Å²) in [7, 11) is 3.25. The number of urea groups is 1. The van der Waals surface area contributed by atoms with Crippen LogP contribution >= 0.6 is 0 Å². The van der Waals surface area contributed by atoms with Crippen LogP contribution in [0.2, 0.25) is 0 Å². The molecule has 1 aromatic carbocycles. The fraction of sp³-hybridized carbons (Fsp3) is 0.500. The van der Waals surface area contributed by atoms with Crippen LogP contribution in [0.15, 0.2) is 30.5 Å². The number of carbonyl (C=O) groups is 1. The Bertz CT molecular complexity index is 725. The van der Waals surface area contributed by atoms with E-state index in [4.69, 9.17) is 9.47 Å². The Morgan fingerprint density at radius 2 is 2.12 bits per heavy atom. The molecule has 1 aromatic heterocycles. The van der Waals surface area contributed by atoms with Gasteiger partial charge in [0.25, 0.3) is 0 Å². The zero-order valence-electron chi connectivity index (χ0n) is 15.2. The van der Waals surface area contributed by atoms with E-state index in [1.165, 1.54) is 0 Å². The van der Waals surface area contributed by atoms with E-state index in [1.54, 1.807) is 14.2 Å². The van der Waals surface area contributed by atoms with Crippen LogP contribution in [-0.4, -0.2) is 53.2 Å². The number of carbonyl (C=O) groups excluding carboxylic acids is 1. The molecule has 3 rings (SSSR count). The second kappa shape index (κ2) is 8.66. The number of methoxy groups -OCH3 is 2. The van der Waals surface area contributed by atoms with E-state index in [0.717, 1.165) is 49.6 Å². The van der Waals surface area contributed by atoms with Gasteiger partial charge in [-0.1, -0.05) is 11.3 Å². The maximum Gasteiger partial charge on any atom is 0.321 e. The largest absolute Gasteiger partial charge is 0.497 e. The van der Waals surface area contributed by atoms with Gasteiger partial charge in [0.2, 0.25) is 0 Å². The standard InChI is InChI=1S/C18H25N5O3/c1-25-13-16-12-23(21-20-16)11-14-6-8-22(9-7-14)18(24)19-15-4-3-5-17(10-15)26-2/h3-5,10,12,14H,6-9,11,13H2,1-2H3,(H,19,24). The van der Waals surface area contributed by atoms with Gasteiger partial charge in [-0.2, -0.15) is 0 Å². The molecule has 26 heavy (non-hydrogen) atoms. The van der Waals surface area contributed by atoms with Gasteiger partial charge in [0.15, 0.2) is 0 Å². The second-order valence-corrected chi connectivity index (χ2v) is 6.46. The van der Waals surface area contributed by atoms with Gasteiger partial charge in [0.1, 0.15) is 11.4 Å². The van der Waals surface area contributed by atoms with Crippen LogP contribution in [0.5, 0.6) is 5.75 Å². The van der Waals surface area contributed by atoms with Crippen molar-refractivity contribution in [3.05, 3.63) is 36.2 Å². The summed E-state index contributed by atoms with van der Waals surface area (Å²) in [6.07, 6.45) is 3.82. The summed E-state index contributed by atoms with van der Waals surface area (Å²) in [5.41, 5.74) is 1.58. The van der Waals surface area contributed by atoms with Crippen molar-refractivity contribution in [2.24, 2.45) is 5.92 Å². The van der Waals surface area contributed by atoms with E-state index >= 15 is 0 Å². The summed E-state index contributed by atoms with van der Waals surface area (Å²) in [5.74, 6) is 1.22. The predicted octanol–water partition coefficient (Wildman–Crippen LogP) is 2.38. The van der Waals surface area contributed by atoms with E-state index in [1.807, 2.05) is 40.0 Å². The molecule has 0 radical (unpaired) electrons. The maximum absolute atomic E-state index is 12.4. The Morgan fingerprint density at radius 3 is 2.85 bits per heavy atom. The molecule has 0 unspecified atom stereocenters. The summed E-state index contributed by atoms with van der Waals surface area (Å²) >= 11 is 0. The third-order valence-electron chi connectivity index (χ3n) is 4.55. The highest BCUT2D eigenvalue weighted by atomic mass is 16.5. The number of ether oxygens (including phenoxy) is 2. The molecule has 8 nitrogen and oxygen atoms in total. The molecular formula is C18H25N5O3. The lowest BCUT2D eigenvalue weighted by atomic mass is 9.97. The molecule has 0 atom stereocenters. The molecule has 2 aromatic rings. The number of piperidine rings is 1. The Morgan fingerprint density at radius 1 is 1.31 bits per heavy atom. The summed E-state index contributed by atoms with van der Waals surface area (Å²) in [5, 5.41) is 11.1. The SMILES string of the molecule is COCc1cn(CC2CCN(C(=O)Nc3cccc(OC)c3)CC2)nn1. The van der Waals surface area contributed by atoms with Crippen LogP contribution in [0.4, 0.5) is 10.5 Å². The van der Waals surface area contributed by atoms with Crippen molar-refractivity contribution in [1.29, 1.82) is 0 Å². The number of anilines is 1. The molecule has 0 aliphatic carbocycles. The number of likely N-dealkylation sites (tertiary alicyclic amines) is 1. The van der Waals surface area contributed by atoms with Gasteiger partial charge in [-0.15, -0.1) is 5.10 Å². The van der Waals surface area contributed by atoms with E-state index < -0.39 is 0 Å². The Hall–Kier alpha value is -2.61. The molecule has 0 bridgehead atoms. The molecule has 140 valence electrons. The lowest BCUT2D eigenvalue weighted by molar-refractivity contribution is 0.175. The maximum atomic E-state index is 12.4. The van der Waals surface area contributed by atoms with Crippen molar-refractivity contribution in [2.45, 2.75) is 26.0 Å². The first-order valence-electron chi connectivity index (χ1n) is 8.76. The highest BCUT2D eigenvalue weighted by Crippen LogP contribution is 2.21. The van der Waals surface area contributed by atoms with E-state index in [0.29, 0.717) is 12.5 Å². The van der Waals surface area contributed by atoms with Crippen LogP contribution in [0.1, 0.15) is 18.5 Å². The average Bonchev–Trinajstić information content (AvgIpc) is 3.10. The van der Waals surface area contributed by atoms with E-state index in [2.05, 4.69) is 15.6 Å². The number of nitrogens with one attached hydrogen (secondary N) is 1. The molecule has 0 spiro atoms. The third-order valence-corrected chi connectivity index (χ3v) is 4.55. The van der Waals surface area contributed by atoms with Crippen LogP contribution < -0.4 is 10.1 Å². The molecule has 1 aliphatic heterocycles. The van der Waals surface area contributed by atoms with Crippen LogP contribution in [-0.2, 0) is 17.9 Å². The van der Waals surface area contributed by atoms with Crippen molar-refractivity contribution in [1.82, 2.24) is 19.9 Å². The number of hydrogen-bond donors (Lipinski definition) is 1. The first-order valence-corrected chi connectivity index (χ1v) is 8.76. The smallest absolute Gasteiger partial charge is 0.321 e. The summed E-state index contributed by atoms with van der Waals surface area (Å²) in [4.78, 5) is 14.3. The summed E-state index contributed by atoms with van der Waals surface area (Å²) < 4.78 is 12.1. The normalized spacial score (nSPS) is 15.1. The zero-order chi connectivity index (χ0) is 18.4. The minimum atomic E-state index is -0.0696. The lowest BCUT2D eigenvalue weighted by Gasteiger charge is -2.31. The van der Waals surface area contributed by atoms with Crippen molar-refractivity contribution < 1.29 is 14.3 Å². The first-order chi connectivity index (χ1) is 12.7. The monoisotopic (exact) mass is 359 g/mol. The van der Waals surface area contributed by atoms with Crippen LogP contribution in [0.3, 0.4) is 0 Å². The molecule has 0 saturated carbocycles. The fourth-order valence-electron chi connectivity index (χ4n) is 3.13. The predicted molar refractivity (Wildman–Crippen MR) is 97.0 cm³/mol. The molecular weight excluding hydrogens is 334 g/mol. The number of amides is 2. The lowest BCUT2D eigenvalue weighted by Crippen LogP contribution is -2.41. The van der Waals surface area contributed by atoms with Gasteiger partial charge in [0.05, 0.1) is 19.9 Å². The molecule has 1 fully saturated rings. The first kappa shape index (κ1) is 18.2. The van der Waals surface area contributed by atoms with E-state index in [9.17, 15) is 4.79 Å². The van der Waals surface area contributed by atoms with Crippen molar-refractivity contribution in [3.63, 3.8) is 0 Å². The molecule has 1 aliphatic rings. The number of aromatic nitrogens is 3. The van der Waals surface area contributed by atoms with Gasteiger partial charge in [-0.3, -0.25) is 4.68 Å². The zero-order valence-corrected chi connectivity index (χ0v) is 15.2. The minimum absolute atomic E-state index is 0.0696. The van der Waals surface area contributed by atoms with Crippen molar-refractivity contribution in [3.8, 4) is 5.75 Å². The van der Waals surface area contributed by atoms with Crippen LogP contribution in [0, 0.1) is 5.92 Å². The van der Waals surface area contributed by atoms with Gasteiger partial charge < -0.3 is 19.7 Å². The van der Waals surface area contributed by atoms with Gasteiger partial charge in [-0.25, -0.2) is 4.79 Å². The second-order valence-electron chi connectivity index (χ2n) is 6.46. The number of rotatable bonds is 6. The Balaban J connectivity index is 1.47. The fourth-order valence-corrected chi connectivity index (χ4v) is 3.13. The summed E-state index contributed by atoms with van der Waals surface area (Å²) in [6.45, 7) is 2.77. The molecule has 8 heteroatoms. The Kier molecular flexibility index (Phi) is 6.06. The number of hydrogen-bond acceptors (Lipinski definition) is 5. The van der Waals surface area contributed by atoms with Gasteiger partial charge in [0, 0.05) is 38.5 Å². The highest BCUT2D eigenvalue weighted by Gasteiger charge is 2.23. The van der Waals surface area contributed by atoms with Gasteiger partial charge in [-0.05, 0) is 30.9 Å². The third kappa shape index (κ3) is 4.72. The van der Waals surface area contributed by atoms with E-state index in [-0.39, 0.29) is 6.03 Å². The van der Waals surface area contributed by atoms with Crippen molar-refractivity contribution in [2.75, 3.05) is 32.6 Å². The Labute approximate surface area is 153 Å². The topological polar surface area (TPSA) is 81.5 Å². The van der Waals surface area contributed by atoms with Crippen LogP contribution in [0.25, 0.3) is 0 Å².